The quantitative estimate of drug-likeness (QED) is 0.0195. The number of allylic oxidation sites excluding steroid dienone is 4. The molecule has 9 nitrogen and oxygen atoms in total. The predicted octanol–water partition coefficient (Wildman–Crippen LogP) is 16.8. The van der Waals surface area contributed by atoms with E-state index in [0.717, 1.165) is 44.9 Å². The fourth-order valence-electron chi connectivity index (χ4n) is 8.24. The van der Waals surface area contributed by atoms with Crippen molar-refractivity contribution < 1.29 is 42.1 Å². The Hall–Kier alpha value is -1.51. The number of carbonyl (C=O) groups excluding carboxylic acids is 2. The minimum absolute atomic E-state index is 0.0294. The summed E-state index contributed by atoms with van der Waals surface area (Å²) in [7, 11) is 1.18. The fourth-order valence-corrected chi connectivity index (χ4v) is 8.96. The first-order chi connectivity index (χ1) is 32.5. The van der Waals surface area contributed by atoms with Gasteiger partial charge < -0.3 is 27.9 Å². The van der Waals surface area contributed by atoms with Gasteiger partial charge in [-0.1, -0.05) is 224 Å². The first-order valence-corrected chi connectivity index (χ1v) is 30.0. The van der Waals surface area contributed by atoms with Crippen molar-refractivity contribution in [3.05, 3.63) is 24.3 Å². The normalized spacial score (nSPS) is 13.5. The minimum Gasteiger partial charge on any atom is -0.756 e. The molecule has 0 saturated heterocycles. The molecule has 67 heavy (non-hydrogen) atoms. The summed E-state index contributed by atoms with van der Waals surface area (Å²) in [6.07, 6.45) is 57.9. The third kappa shape index (κ3) is 53.7. The third-order valence-corrected chi connectivity index (χ3v) is 13.7. The number of likely N-dealkylation sites (N-methyl/N-ethyl adjacent to an activating group) is 1. The highest BCUT2D eigenvalue weighted by molar-refractivity contribution is 7.45. The second kappa shape index (κ2) is 49.5. The molecule has 0 N–H and O–H groups in total. The average molecular weight is 968 g/mol. The number of ether oxygens (including phenoxy) is 2. The number of nitrogens with zero attached hydrogens (tertiary/aromatic N) is 1. The van der Waals surface area contributed by atoms with Gasteiger partial charge in [0, 0.05) is 12.8 Å². The van der Waals surface area contributed by atoms with Crippen molar-refractivity contribution in [2.75, 3.05) is 47.5 Å². The molecule has 0 bridgehead atoms. The van der Waals surface area contributed by atoms with Gasteiger partial charge in [-0.05, 0) is 64.2 Å². The molecule has 0 aliphatic heterocycles. The van der Waals surface area contributed by atoms with E-state index in [2.05, 4.69) is 38.2 Å². The number of hydrogen-bond acceptors (Lipinski definition) is 8. The molecule has 0 amide bonds. The maximum absolute atomic E-state index is 12.8. The highest BCUT2D eigenvalue weighted by Crippen LogP contribution is 2.38. The molecule has 0 rings (SSSR count). The number of phosphoric acid groups is 1. The molecule has 0 aliphatic carbocycles. The van der Waals surface area contributed by atoms with E-state index in [1.165, 1.54) is 199 Å². The largest absolute Gasteiger partial charge is 0.756 e. The molecule has 396 valence electrons. The van der Waals surface area contributed by atoms with Crippen LogP contribution in [0.3, 0.4) is 0 Å². The lowest BCUT2D eigenvalue weighted by molar-refractivity contribution is -0.870. The van der Waals surface area contributed by atoms with Crippen LogP contribution >= 0.6 is 7.82 Å². The lowest BCUT2D eigenvalue weighted by atomic mass is 10.0. The topological polar surface area (TPSA) is 111 Å². The van der Waals surface area contributed by atoms with Crippen LogP contribution in [-0.2, 0) is 32.7 Å². The molecule has 0 radical (unpaired) electrons. The highest BCUT2D eigenvalue weighted by Gasteiger charge is 2.22. The van der Waals surface area contributed by atoms with Crippen LogP contribution in [0.1, 0.15) is 277 Å². The van der Waals surface area contributed by atoms with Gasteiger partial charge in [0.05, 0.1) is 27.7 Å². The zero-order valence-corrected chi connectivity index (χ0v) is 45.8. The molecular weight excluding hydrogens is 858 g/mol. The molecule has 0 heterocycles. The van der Waals surface area contributed by atoms with Gasteiger partial charge in [-0.3, -0.25) is 14.2 Å². The Morgan fingerprint density at radius 2 is 0.761 bits per heavy atom. The molecule has 0 spiro atoms. The Labute approximate surface area is 415 Å². The Morgan fingerprint density at radius 3 is 1.10 bits per heavy atom. The maximum atomic E-state index is 12.8. The van der Waals surface area contributed by atoms with Gasteiger partial charge in [-0.15, -0.1) is 0 Å². The van der Waals surface area contributed by atoms with Crippen molar-refractivity contribution in [2.24, 2.45) is 0 Å². The molecule has 0 saturated carbocycles. The van der Waals surface area contributed by atoms with E-state index >= 15 is 0 Å². The number of rotatable bonds is 53. The van der Waals surface area contributed by atoms with Crippen LogP contribution in [0.2, 0.25) is 0 Å². The van der Waals surface area contributed by atoms with E-state index in [1.54, 1.807) is 0 Å². The lowest BCUT2D eigenvalue weighted by Crippen LogP contribution is -2.37. The van der Waals surface area contributed by atoms with E-state index in [4.69, 9.17) is 18.5 Å². The summed E-state index contributed by atoms with van der Waals surface area (Å²) in [5.74, 6) is -0.826. The number of esters is 2. The summed E-state index contributed by atoms with van der Waals surface area (Å²) in [6, 6.07) is 0. The molecule has 0 aromatic rings. The molecule has 2 atom stereocenters. The Kier molecular flexibility index (Phi) is 48.4. The van der Waals surface area contributed by atoms with Crippen LogP contribution in [0, 0.1) is 0 Å². The van der Waals surface area contributed by atoms with Crippen LogP contribution < -0.4 is 4.89 Å². The molecule has 0 aliphatic rings. The number of hydrogen-bond donors (Lipinski definition) is 0. The third-order valence-electron chi connectivity index (χ3n) is 12.7. The van der Waals surface area contributed by atoms with Gasteiger partial charge in [0.2, 0.25) is 0 Å². The van der Waals surface area contributed by atoms with Crippen LogP contribution in [0.25, 0.3) is 0 Å². The first-order valence-electron chi connectivity index (χ1n) is 28.5. The van der Waals surface area contributed by atoms with Crippen molar-refractivity contribution in [3.63, 3.8) is 0 Å². The second-order valence-electron chi connectivity index (χ2n) is 20.6. The van der Waals surface area contributed by atoms with Crippen LogP contribution in [0.4, 0.5) is 0 Å². The van der Waals surface area contributed by atoms with E-state index in [-0.39, 0.29) is 32.0 Å². The minimum atomic E-state index is -4.63. The van der Waals surface area contributed by atoms with Crippen molar-refractivity contribution in [3.8, 4) is 0 Å². The zero-order chi connectivity index (χ0) is 49.2. The van der Waals surface area contributed by atoms with E-state index in [1.807, 2.05) is 21.1 Å². The Bertz CT molecular complexity index is 1190. The number of carbonyl (C=O) groups is 2. The van der Waals surface area contributed by atoms with Crippen molar-refractivity contribution in [2.45, 2.75) is 283 Å². The van der Waals surface area contributed by atoms with Crippen LogP contribution in [-0.4, -0.2) is 70.0 Å². The number of quaternary nitrogens is 1. The van der Waals surface area contributed by atoms with Gasteiger partial charge in [0.1, 0.15) is 19.8 Å². The molecule has 0 fully saturated rings. The smallest absolute Gasteiger partial charge is 0.306 e. The highest BCUT2D eigenvalue weighted by atomic mass is 31.2. The van der Waals surface area contributed by atoms with E-state index in [9.17, 15) is 19.0 Å². The Balaban J connectivity index is 4.14. The summed E-state index contributed by atoms with van der Waals surface area (Å²) in [6.45, 7) is 4.27. The van der Waals surface area contributed by atoms with Crippen molar-refractivity contribution in [1.29, 1.82) is 0 Å². The summed E-state index contributed by atoms with van der Waals surface area (Å²) in [4.78, 5) is 37.8. The monoisotopic (exact) mass is 968 g/mol. The number of unbranched alkanes of at least 4 members (excludes halogenated alkanes) is 35. The van der Waals surface area contributed by atoms with Crippen LogP contribution in [0.5, 0.6) is 0 Å². The summed E-state index contributed by atoms with van der Waals surface area (Å²) >= 11 is 0. The fraction of sp³-hybridized carbons (Fsp3) is 0.895. The van der Waals surface area contributed by atoms with Crippen molar-refractivity contribution >= 4 is 19.8 Å². The summed E-state index contributed by atoms with van der Waals surface area (Å²) < 4.78 is 34.1. The molecule has 0 aromatic heterocycles. The van der Waals surface area contributed by atoms with Gasteiger partial charge >= 0.3 is 11.9 Å². The average Bonchev–Trinajstić information content (AvgIpc) is 3.29. The van der Waals surface area contributed by atoms with Gasteiger partial charge in [-0.25, -0.2) is 0 Å². The van der Waals surface area contributed by atoms with E-state index in [0.29, 0.717) is 17.4 Å². The predicted molar refractivity (Wildman–Crippen MR) is 282 cm³/mol. The number of phosphoric ester groups is 1. The lowest BCUT2D eigenvalue weighted by Gasteiger charge is -2.28. The standard InChI is InChI=1S/C57H110NO8P/c1-6-8-10-12-14-16-18-20-22-24-26-27-28-29-30-31-32-34-36-38-40-42-44-46-48-50-57(60)66-55(54-65-67(61,62)64-52-51-58(3,4)5)53-63-56(59)49-47-45-43-41-39-37-35-33-25-23-21-19-17-15-13-11-9-7-2/h23-26,55H,6-22,27-54H2,1-5H3/b25-23-,26-24-. The summed E-state index contributed by atoms with van der Waals surface area (Å²) in [5.41, 5.74) is 0. The maximum Gasteiger partial charge on any atom is 0.306 e. The van der Waals surface area contributed by atoms with Crippen molar-refractivity contribution in [1.82, 2.24) is 0 Å². The SMILES string of the molecule is CCCCCCCCC/C=C\CCCCCCCCCC(=O)OCC(COP(=O)([O-])OCC[N+](C)(C)C)OC(=O)CCCCCCCCCCCCCCC/C=C\CCCCCCCCCC. The van der Waals surface area contributed by atoms with Gasteiger partial charge in [0.15, 0.2) is 6.10 Å². The molecule has 2 unspecified atom stereocenters. The van der Waals surface area contributed by atoms with E-state index < -0.39 is 26.5 Å². The molecular formula is C57H110NO8P. The van der Waals surface area contributed by atoms with Crippen LogP contribution in [0.15, 0.2) is 24.3 Å². The zero-order valence-electron chi connectivity index (χ0n) is 44.9. The first kappa shape index (κ1) is 65.5. The van der Waals surface area contributed by atoms with Gasteiger partial charge in [0.25, 0.3) is 7.82 Å². The second-order valence-corrected chi connectivity index (χ2v) is 22.1. The Morgan fingerprint density at radius 1 is 0.448 bits per heavy atom. The summed E-state index contributed by atoms with van der Waals surface area (Å²) in [5, 5.41) is 0. The molecule has 10 heteroatoms. The molecule has 0 aromatic carbocycles. The van der Waals surface area contributed by atoms with Gasteiger partial charge in [-0.2, -0.15) is 0 Å².